The lowest BCUT2D eigenvalue weighted by Gasteiger charge is -2.45. The zero-order valence-electron chi connectivity index (χ0n) is 26.9. The fourth-order valence-electron chi connectivity index (χ4n) is 6.85. The molecule has 2 atom stereocenters. The molecule has 3 fully saturated rings. The van der Waals surface area contributed by atoms with Crippen LogP contribution >= 0.6 is 11.3 Å². The molecule has 4 heterocycles. The Labute approximate surface area is 279 Å². The molecule has 2 unspecified atom stereocenters. The largest absolute Gasteiger partial charge is 0.420 e. The molecule has 0 radical (unpaired) electrons. The summed E-state index contributed by atoms with van der Waals surface area (Å²) >= 11 is 1.14. The molecule has 0 spiro atoms. The molecule has 8 nitrogen and oxygen atoms in total. The van der Waals surface area contributed by atoms with Crippen LogP contribution in [-0.2, 0) is 39.5 Å². The number of aryl methyl sites for hydroxylation is 1. The Bertz CT molecular complexity index is 1690. The number of carbonyl (C=O) groups is 1. The van der Waals surface area contributed by atoms with Crippen LogP contribution in [-0.4, -0.2) is 73.5 Å². The molecule has 7 rings (SSSR count). The third-order valence-corrected chi connectivity index (χ3v) is 12.2. The standard InChI is InChI=1S/C34H40F3N5O3S2/c1-20-30(47(44)11-10-42(19-43)24-6-7-24)14-29(46-20)31-27(34(35,36)37)16-38-32(40-31)39-28-13-22-8-9-41(18-25-15-33(2,3)45-25)17-23(22)12-26(28)21-4-5-21/h12-14,16,19,21,24-25H,4-11,15,17-18H2,1-3H3,(H,38,39,40). The third kappa shape index (κ3) is 7.28. The predicted molar refractivity (Wildman–Crippen MR) is 176 cm³/mol. The number of hydrogen-bond donors (Lipinski definition) is 1. The number of hydrogen-bond acceptors (Lipinski definition) is 8. The van der Waals surface area contributed by atoms with E-state index in [-0.39, 0.29) is 40.0 Å². The molecule has 1 amide bonds. The number of benzene rings is 1. The highest BCUT2D eigenvalue weighted by atomic mass is 32.2. The quantitative estimate of drug-likeness (QED) is 0.210. The molecule has 2 aliphatic heterocycles. The monoisotopic (exact) mass is 687 g/mol. The van der Waals surface area contributed by atoms with Crippen LogP contribution in [0.4, 0.5) is 24.8 Å². The van der Waals surface area contributed by atoms with Crippen LogP contribution in [0.5, 0.6) is 0 Å². The number of alkyl halides is 3. The summed E-state index contributed by atoms with van der Waals surface area (Å²) < 4.78 is 61.9. The van der Waals surface area contributed by atoms with E-state index in [0.717, 1.165) is 93.4 Å². The summed E-state index contributed by atoms with van der Waals surface area (Å²) in [6.45, 7) is 9.03. The highest BCUT2D eigenvalue weighted by molar-refractivity contribution is 7.85. The van der Waals surface area contributed by atoms with Crippen molar-refractivity contribution in [3.8, 4) is 10.6 Å². The predicted octanol–water partition coefficient (Wildman–Crippen LogP) is 6.81. The van der Waals surface area contributed by atoms with Gasteiger partial charge in [-0.15, -0.1) is 11.3 Å². The minimum Gasteiger partial charge on any atom is -0.371 e. The number of carbonyl (C=O) groups excluding carboxylic acids is 1. The molecule has 2 saturated carbocycles. The molecular formula is C34H40F3N5O3S2. The van der Waals surface area contributed by atoms with Gasteiger partial charge in [-0.25, -0.2) is 9.97 Å². The number of thiophene rings is 1. The second-order valence-electron chi connectivity index (χ2n) is 13.9. The second kappa shape index (κ2) is 12.5. The topological polar surface area (TPSA) is 87.7 Å². The highest BCUT2D eigenvalue weighted by Gasteiger charge is 2.39. The van der Waals surface area contributed by atoms with Crippen molar-refractivity contribution in [1.29, 1.82) is 0 Å². The average Bonchev–Trinajstić information content (AvgIpc) is 3.94. The zero-order chi connectivity index (χ0) is 33.1. The molecule has 47 heavy (non-hydrogen) atoms. The maximum absolute atomic E-state index is 14.2. The average molecular weight is 688 g/mol. The van der Waals surface area contributed by atoms with Crippen molar-refractivity contribution in [3.63, 3.8) is 0 Å². The van der Waals surface area contributed by atoms with Gasteiger partial charge in [0.1, 0.15) is 5.56 Å². The summed E-state index contributed by atoms with van der Waals surface area (Å²) in [4.78, 5) is 25.5. The first-order valence-corrected chi connectivity index (χ1v) is 18.5. The van der Waals surface area contributed by atoms with Gasteiger partial charge >= 0.3 is 6.18 Å². The van der Waals surface area contributed by atoms with Gasteiger partial charge in [0, 0.05) is 61.2 Å². The van der Waals surface area contributed by atoms with Crippen molar-refractivity contribution in [2.24, 2.45) is 0 Å². The third-order valence-electron chi connectivity index (χ3n) is 9.52. The first-order chi connectivity index (χ1) is 22.4. The Balaban J connectivity index is 1.13. The van der Waals surface area contributed by atoms with Crippen LogP contribution in [0.15, 0.2) is 29.3 Å². The van der Waals surface area contributed by atoms with Gasteiger partial charge in [0.25, 0.3) is 0 Å². The smallest absolute Gasteiger partial charge is 0.371 e. The van der Waals surface area contributed by atoms with Gasteiger partial charge in [-0.2, -0.15) is 13.2 Å². The molecule has 2 aliphatic carbocycles. The van der Waals surface area contributed by atoms with Crippen LogP contribution in [0.25, 0.3) is 10.6 Å². The molecule has 4 aliphatic rings. The summed E-state index contributed by atoms with van der Waals surface area (Å²) in [6.07, 6.45) is 3.19. The van der Waals surface area contributed by atoms with E-state index < -0.39 is 22.5 Å². The number of amides is 1. The first-order valence-electron chi connectivity index (χ1n) is 16.3. The molecule has 1 aromatic carbocycles. The molecular weight excluding hydrogens is 648 g/mol. The zero-order valence-corrected chi connectivity index (χ0v) is 28.5. The number of nitrogens with one attached hydrogen (secondary N) is 1. The molecule has 13 heteroatoms. The summed E-state index contributed by atoms with van der Waals surface area (Å²) in [5.74, 6) is 0.717. The normalized spacial score (nSPS) is 21.5. The van der Waals surface area contributed by atoms with Crippen LogP contribution in [0.1, 0.15) is 79.0 Å². The number of nitrogens with zero attached hydrogens (tertiary/aromatic N) is 4. The van der Waals surface area contributed by atoms with Crippen LogP contribution in [0.3, 0.4) is 0 Å². The number of fused-ring (bicyclic) bond motifs is 1. The van der Waals surface area contributed by atoms with E-state index in [0.29, 0.717) is 22.2 Å². The molecule has 252 valence electrons. The summed E-state index contributed by atoms with van der Waals surface area (Å²) in [5.41, 5.74) is 3.31. The second-order valence-corrected chi connectivity index (χ2v) is 16.7. The van der Waals surface area contributed by atoms with E-state index in [4.69, 9.17) is 4.74 Å². The van der Waals surface area contributed by atoms with Gasteiger partial charge in [0.2, 0.25) is 12.4 Å². The van der Waals surface area contributed by atoms with Gasteiger partial charge < -0.3 is 15.0 Å². The van der Waals surface area contributed by atoms with Gasteiger partial charge in [-0.1, -0.05) is 6.07 Å². The number of anilines is 2. The van der Waals surface area contributed by atoms with Crippen LogP contribution in [0, 0.1) is 6.92 Å². The number of ether oxygens (including phenoxy) is 1. The van der Waals surface area contributed by atoms with Gasteiger partial charge in [-0.05, 0) is 87.6 Å². The molecule has 1 saturated heterocycles. The van der Waals surface area contributed by atoms with Crippen molar-refractivity contribution in [2.45, 2.75) is 101 Å². The van der Waals surface area contributed by atoms with Crippen LogP contribution < -0.4 is 5.32 Å². The Kier molecular flexibility index (Phi) is 8.72. The maximum atomic E-state index is 14.2. The van der Waals surface area contributed by atoms with E-state index in [1.54, 1.807) is 17.9 Å². The van der Waals surface area contributed by atoms with E-state index in [2.05, 4.69) is 46.2 Å². The summed E-state index contributed by atoms with van der Waals surface area (Å²) in [5, 5.41) is 3.29. The first kappa shape index (κ1) is 32.7. The summed E-state index contributed by atoms with van der Waals surface area (Å²) in [7, 11) is -1.47. The lowest BCUT2D eigenvalue weighted by Crippen LogP contribution is -2.51. The molecule has 1 N–H and O–H groups in total. The minimum absolute atomic E-state index is 0.0306. The SMILES string of the molecule is Cc1sc(-c2nc(Nc3cc4c(cc3C3CC3)CN(CC3CC(C)(C)O3)CC4)ncc2C(F)(F)F)cc1S(=O)CCN(C=O)C1CC1. The lowest BCUT2D eigenvalue weighted by atomic mass is 9.91. The minimum atomic E-state index is -4.67. The molecule has 3 aromatic rings. The van der Waals surface area contributed by atoms with E-state index >= 15 is 0 Å². The van der Waals surface area contributed by atoms with E-state index in [1.807, 2.05) is 0 Å². The lowest BCUT2D eigenvalue weighted by molar-refractivity contribution is -0.191. The summed E-state index contributed by atoms with van der Waals surface area (Å²) in [6, 6.07) is 6.15. The Morgan fingerprint density at radius 1 is 1.19 bits per heavy atom. The molecule has 0 bridgehead atoms. The molecule has 2 aromatic heterocycles. The van der Waals surface area contributed by atoms with E-state index in [9.17, 15) is 22.2 Å². The van der Waals surface area contributed by atoms with Crippen molar-refractivity contribution in [1.82, 2.24) is 19.8 Å². The fraction of sp³-hybridized carbons (Fsp3) is 0.559. The Morgan fingerprint density at radius 3 is 2.62 bits per heavy atom. The maximum Gasteiger partial charge on any atom is 0.420 e. The number of halogens is 3. The number of aromatic nitrogens is 2. The van der Waals surface area contributed by atoms with Crippen molar-refractivity contribution in [3.05, 3.63) is 51.5 Å². The van der Waals surface area contributed by atoms with Crippen LogP contribution in [0.2, 0.25) is 0 Å². The number of rotatable bonds is 12. The van der Waals surface area contributed by atoms with Gasteiger partial charge in [0.05, 0.1) is 38.0 Å². The Morgan fingerprint density at radius 2 is 1.96 bits per heavy atom. The Hall–Kier alpha value is -2.87. The van der Waals surface area contributed by atoms with E-state index in [1.165, 1.54) is 11.1 Å². The van der Waals surface area contributed by atoms with Gasteiger partial charge in [0.15, 0.2) is 0 Å². The van der Waals surface area contributed by atoms with Crippen molar-refractivity contribution in [2.75, 3.05) is 30.7 Å². The van der Waals surface area contributed by atoms with Crippen molar-refractivity contribution >= 4 is 40.2 Å². The highest BCUT2D eigenvalue weighted by Crippen LogP contribution is 2.46. The fourth-order valence-corrected chi connectivity index (χ4v) is 9.42. The van der Waals surface area contributed by atoms with Gasteiger partial charge in [-0.3, -0.25) is 13.9 Å². The van der Waals surface area contributed by atoms with Crippen molar-refractivity contribution < 1.29 is 26.9 Å².